The summed E-state index contributed by atoms with van der Waals surface area (Å²) < 4.78 is 5.53. The SMILES string of the molecule is CN(CCOc1ccc(Cc2ccccc2)cc1)C(=O)O. The smallest absolute Gasteiger partial charge is 0.407 e. The van der Waals surface area contributed by atoms with E-state index < -0.39 is 6.09 Å². The lowest BCUT2D eigenvalue weighted by atomic mass is 10.1. The predicted octanol–water partition coefficient (Wildman–Crippen LogP) is 3.27. The second-order valence-corrected chi connectivity index (χ2v) is 4.86. The molecule has 2 rings (SSSR count). The van der Waals surface area contributed by atoms with Gasteiger partial charge in [0, 0.05) is 7.05 Å². The average molecular weight is 285 g/mol. The standard InChI is InChI=1S/C17H19NO3/c1-18(17(19)20)11-12-21-16-9-7-15(8-10-16)13-14-5-3-2-4-6-14/h2-10H,11-13H2,1H3,(H,19,20). The molecule has 0 unspecified atom stereocenters. The van der Waals surface area contributed by atoms with Gasteiger partial charge in [0.2, 0.25) is 0 Å². The van der Waals surface area contributed by atoms with Gasteiger partial charge in [0.05, 0.1) is 6.54 Å². The summed E-state index contributed by atoms with van der Waals surface area (Å²) in [7, 11) is 1.52. The molecule has 2 aromatic carbocycles. The zero-order chi connectivity index (χ0) is 15.1. The predicted molar refractivity (Wildman–Crippen MR) is 81.8 cm³/mol. The van der Waals surface area contributed by atoms with Gasteiger partial charge in [-0.05, 0) is 29.7 Å². The maximum absolute atomic E-state index is 10.6. The van der Waals surface area contributed by atoms with E-state index in [1.54, 1.807) is 0 Å². The Morgan fingerprint density at radius 2 is 1.67 bits per heavy atom. The third-order valence-corrected chi connectivity index (χ3v) is 3.20. The molecule has 0 saturated carbocycles. The highest BCUT2D eigenvalue weighted by atomic mass is 16.5. The lowest BCUT2D eigenvalue weighted by Crippen LogP contribution is -2.29. The molecule has 0 radical (unpaired) electrons. The number of carbonyl (C=O) groups is 1. The van der Waals surface area contributed by atoms with Crippen molar-refractivity contribution in [1.29, 1.82) is 0 Å². The summed E-state index contributed by atoms with van der Waals surface area (Å²) in [5, 5.41) is 8.73. The molecule has 4 heteroatoms. The third kappa shape index (κ3) is 4.84. The molecule has 0 aromatic heterocycles. The summed E-state index contributed by atoms with van der Waals surface area (Å²) in [5.74, 6) is 0.755. The van der Waals surface area contributed by atoms with Gasteiger partial charge in [-0.25, -0.2) is 4.79 Å². The van der Waals surface area contributed by atoms with E-state index in [-0.39, 0.29) is 0 Å². The highest BCUT2D eigenvalue weighted by molar-refractivity contribution is 5.64. The average Bonchev–Trinajstić information content (AvgIpc) is 2.50. The molecular formula is C17H19NO3. The molecule has 0 bridgehead atoms. The third-order valence-electron chi connectivity index (χ3n) is 3.20. The number of amides is 1. The number of ether oxygens (including phenoxy) is 1. The summed E-state index contributed by atoms with van der Waals surface area (Å²) in [4.78, 5) is 11.8. The molecular weight excluding hydrogens is 266 g/mol. The Morgan fingerprint density at radius 3 is 2.29 bits per heavy atom. The maximum Gasteiger partial charge on any atom is 0.407 e. The Balaban J connectivity index is 1.83. The van der Waals surface area contributed by atoms with Gasteiger partial charge in [-0.15, -0.1) is 0 Å². The number of nitrogens with zero attached hydrogens (tertiary/aromatic N) is 1. The molecule has 21 heavy (non-hydrogen) atoms. The monoisotopic (exact) mass is 285 g/mol. The van der Waals surface area contributed by atoms with Crippen LogP contribution >= 0.6 is 0 Å². The first-order valence-electron chi connectivity index (χ1n) is 6.85. The van der Waals surface area contributed by atoms with E-state index in [2.05, 4.69) is 12.1 Å². The number of benzene rings is 2. The molecule has 0 aliphatic rings. The fraction of sp³-hybridized carbons (Fsp3) is 0.235. The molecule has 0 atom stereocenters. The van der Waals surface area contributed by atoms with E-state index in [1.807, 2.05) is 42.5 Å². The zero-order valence-corrected chi connectivity index (χ0v) is 12.0. The van der Waals surface area contributed by atoms with Crippen LogP contribution in [0.15, 0.2) is 54.6 Å². The Hall–Kier alpha value is -2.49. The molecule has 110 valence electrons. The van der Waals surface area contributed by atoms with E-state index in [4.69, 9.17) is 9.84 Å². The molecule has 0 aliphatic heterocycles. The molecule has 0 aliphatic carbocycles. The number of rotatable bonds is 6. The molecule has 0 fully saturated rings. The van der Waals surface area contributed by atoms with Crippen molar-refractivity contribution in [2.24, 2.45) is 0 Å². The van der Waals surface area contributed by atoms with E-state index in [1.165, 1.54) is 23.1 Å². The van der Waals surface area contributed by atoms with Gasteiger partial charge in [0.25, 0.3) is 0 Å². The van der Waals surface area contributed by atoms with Crippen molar-refractivity contribution in [2.75, 3.05) is 20.2 Å². The molecule has 1 N–H and O–H groups in total. The van der Waals surface area contributed by atoms with Gasteiger partial charge in [0.1, 0.15) is 12.4 Å². The normalized spacial score (nSPS) is 10.1. The minimum atomic E-state index is -0.947. The van der Waals surface area contributed by atoms with Crippen molar-refractivity contribution in [3.05, 3.63) is 65.7 Å². The quantitative estimate of drug-likeness (QED) is 0.886. The van der Waals surface area contributed by atoms with E-state index >= 15 is 0 Å². The molecule has 0 saturated heterocycles. The summed E-state index contributed by atoms with van der Waals surface area (Å²) in [6, 6.07) is 18.2. The second-order valence-electron chi connectivity index (χ2n) is 4.86. The zero-order valence-electron chi connectivity index (χ0n) is 12.0. The first-order chi connectivity index (χ1) is 10.1. The van der Waals surface area contributed by atoms with Crippen LogP contribution in [0.2, 0.25) is 0 Å². The summed E-state index contributed by atoms with van der Waals surface area (Å²) in [5.41, 5.74) is 2.49. The van der Waals surface area contributed by atoms with Crippen molar-refractivity contribution in [2.45, 2.75) is 6.42 Å². The van der Waals surface area contributed by atoms with Crippen LogP contribution < -0.4 is 4.74 Å². The lowest BCUT2D eigenvalue weighted by Gasteiger charge is -2.13. The van der Waals surface area contributed by atoms with Crippen LogP contribution in [0.1, 0.15) is 11.1 Å². The summed E-state index contributed by atoms with van der Waals surface area (Å²) in [6.07, 6.45) is -0.0557. The number of hydrogen-bond donors (Lipinski definition) is 1. The van der Waals surface area contributed by atoms with Crippen molar-refractivity contribution in [1.82, 2.24) is 4.90 Å². The van der Waals surface area contributed by atoms with Crippen molar-refractivity contribution >= 4 is 6.09 Å². The van der Waals surface area contributed by atoms with Crippen molar-refractivity contribution in [3.63, 3.8) is 0 Å². The topological polar surface area (TPSA) is 49.8 Å². The number of hydrogen-bond acceptors (Lipinski definition) is 2. The van der Waals surface area contributed by atoms with Crippen molar-refractivity contribution in [3.8, 4) is 5.75 Å². The fourth-order valence-electron chi connectivity index (χ4n) is 1.93. The highest BCUT2D eigenvalue weighted by Crippen LogP contribution is 2.15. The Labute approximate surface area is 124 Å². The molecule has 1 amide bonds. The van der Waals surface area contributed by atoms with Crippen LogP contribution in [0.3, 0.4) is 0 Å². The van der Waals surface area contributed by atoms with Gasteiger partial charge < -0.3 is 14.7 Å². The van der Waals surface area contributed by atoms with Gasteiger partial charge in [-0.1, -0.05) is 42.5 Å². The van der Waals surface area contributed by atoms with Crippen LogP contribution in [-0.2, 0) is 6.42 Å². The summed E-state index contributed by atoms with van der Waals surface area (Å²) in [6.45, 7) is 0.696. The Kier molecular flexibility index (Phi) is 5.21. The van der Waals surface area contributed by atoms with E-state index in [0.29, 0.717) is 13.2 Å². The van der Waals surface area contributed by atoms with E-state index in [9.17, 15) is 4.79 Å². The first-order valence-corrected chi connectivity index (χ1v) is 6.85. The lowest BCUT2D eigenvalue weighted by molar-refractivity contribution is 0.147. The second kappa shape index (κ2) is 7.33. The maximum atomic E-state index is 10.6. The number of carboxylic acid groups (broad SMARTS) is 1. The van der Waals surface area contributed by atoms with Crippen LogP contribution in [0, 0.1) is 0 Å². The van der Waals surface area contributed by atoms with Crippen LogP contribution in [0.25, 0.3) is 0 Å². The van der Waals surface area contributed by atoms with Gasteiger partial charge in [-0.3, -0.25) is 0 Å². The van der Waals surface area contributed by atoms with Gasteiger partial charge >= 0.3 is 6.09 Å². The minimum absolute atomic E-state index is 0.348. The van der Waals surface area contributed by atoms with E-state index in [0.717, 1.165) is 12.2 Å². The van der Waals surface area contributed by atoms with Crippen LogP contribution in [0.4, 0.5) is 4.79 Å². The Bertz CT molecular complexity index is 566. The Morgan fingerprint density at radius 1 is 1.05 bits per heavy atom. The van der Waals surface area contributed by atoms with Crippen LogP contribution in [-0.4, -0.2) is 36.3 Å². The van der Waals surface area contributed by atoms with Gasteiger partial charge in [-0.2, -0.15) is 0 Å². The fourth-order valence-corrected chi connectivity index (χ4v) is 1.93. The van der Waals surface area contributed by atoms with Crippen molar-refractivity contribution < 1.29 is 14.6 Å². The number of likely N-dealkylation sites (N-methyl/N-ethyl adjacent to an activating group) is 1. The van der Waals surface area contributed by atoms with Crippen LogP contribution in [0.5, 0.6) is 5.75 Å². The largest absolute Gasteiger partial charge is 0.492 e. The van der Waals surface area contributed by atoms with Gasteiger partial charge in [0.15, 0.2) is 0 Å². The summed E-state index contributed by atoms with van der Waals surface area (Å²) >= 11 is 0. The first kappa shape index (κ1) is 14.9. The minimum Gasteiger partial charge on any atom is -0.492 e. The molecule has 4 nitrogen and oxygen atoms in total. The highest BCUT2D eigenvalue weighted by Gasteiger charge is 2.04. The molecule has 2 aromatic rings. The molecule has 0 spiro atoms. The molecule has 0 heterocycles.